The third kappa shape index (κ3) is 4.46. The first-order valence-electron chi connectivity index (χ1n) is 6.53. The molecular formula is C14H14BNO6. The summed E-state index contributed by atoms with van der Waals surface area (Å²) in [6, 6.07) is 6.20. The second-order valence-electron chi connectivity index (χ2n) is 4.81. The summed E-state index contributed by atoms with van der Waals surface area (Å²) < 4.78 is 10.0. The molecule has 0 atom stereocenters. The van der Waals surface area contributed by atoms with Crippen LogP contribution in [0.25, 0.3) is 6.08 Å². The molecule has 22 heavy (non-hydrogen) atoms. The van der Waals surface area contributed by atoms with Gasteiger partial charge in [0.2, 0.25) is 0 Å². The minimum absolute atomic E-state index is 0.00601. The van der Waals surface area contributed by atoms with Gasteiger partial charge in [-0.1, -0.05) is 18.2 Å². The molecule has 0 bridgehead atoms. The first-order valence-corrected chi connectivity index (χ1v) is 6.53. The fraction of sp³-hybridized carbons (Fsp3) is 0.214. The number of rotatable bonds is 3. The fourth-order valence-electron chi connectivity index (χ4n) is 1.90. The van der Waals surface area contributed by atoms with Crippen molar-refractivity contribution in [1.29, 1.82) is 0 Å². The SMILES string of the molecule is CN1CC(=O)OB(C=Cc2cccc(C(=O)O)c2)OC(=O)C1. The van der Waals surface area contributed by atoms with Gasteiger partial charge in [0, 0.05) is 0 Å². The van der Waals surface area contributed by atoms with Crippen LogP contribution in [0.3, 0.4) is 0 Å². The van der Waals surface area contributed by atoms with Crippen LogP contribution in [0.5, 0.6) is 0 Å². The zero-order valence-electron chi connectivity index (χ0n) is 11.9. The highest BCUT2D eigenvalue weighted by atomic mass is 16.6. The maximum Gasteiger partial charge on any atom is 0.628 e. The highest BCUT2D eigenvalue weighted by Crippen LogP contribution is 2.09. The van der Waals surface area contributed by atoms with Crippen LogP contribution in [0.15, 0.2) is 30.2 Å². The van der Waals surface area contributed by atoms with E-state index in [4.69, 9.17) is 14.4 Å². The van der Waals surface area contributed by atoms with Crippen molar-refractivity contribution in [2.24, 2.45) is 0 Å². The molecule has 1 N–H and O–H groups in total. The number of carbonyl (C=O) groups excluding carboxylic acids is 2. The van der Waals surface area contributed by atoms with Gasteiger partial charge in [-0.2, -0.15) is 0 Å². The Hall–Kier alpha value is -2.61. The highest BCUT2D eigenvalue weighted by Gasteiger charge is 2.29. The van der Waals surface area contributed by atoms with E-state index in [9.17, 15) is 14.4 Å². The lowest BCUT2D eigenvalue weighted by molar-refractivity contribution is -0.145. The van der Waals surface area contributed by atoms with E-state index in [0.29, 0.717) is 5.56 Å². The van der Waals surface area contributed by atoms with E-state index >= 15 is 0 Å². The maximum absolute atomic E-state index is 11.6. The minimum atomic E-state index is -1.12. The molecule has 114 valence electrons. The van der Waals surface area contributed by atoms with E-state index in [1.165, 1.54) is 29.1 Å². The lowest BCUT2D eigenvalue weighted by Gasteiger charge is -2.21. The van der Waals surface area contributed by atoms with E-state index < -0.39 is 25.0 Å². The molecule has 0 aromatic heterocycles. The molecule has 8 heteroatoms. The summed E-state index contributed by atoms with van der Waals surface area (Å²) in [5, 5.41) is 8.92. The Morgan fingerprint density at radius 2 is 1.91 bits per heavy atom. The maximum atomic E-state index is 11.6. The molecule has 0 radical (unpaired) electrons. The predicted octanol–water partition coefficient (Wildman–Crippen LogP) is 0.457. The van der Waals surface area contributed by atoms with Crippen molar-refractivity contribution in [1.82, 2.24) is 4.90 Å². The third-order valence-electron chi connectivity index (χ3n) is 2.87. The van der Waals surface area contributed by atoms with Crippen LogP contribution in [-0.2, 0) is 18.9 Å². The molecular weight excluding hydrogens is 289 g/mol. The van der Waals surface area contributed by atoms with Crippen LogP contribution in [0.1, 0.15) is 15.9 Å². The summed E-state index contributed by atoms with van der Waals surface area (Å²) in [6.45, 7) is -0.0120. The smallest absolute Gasteiger partial charge is 0.495 e. The largest absolute Gasteiger partial charge is 0.628 e. The molecule has 2 rings (SSSR count). The third-order valence-corrected chi connectivity index (χ3v) is 2.87. The second kappa shape index (κ2) is 6.90. The lowest BCUT2D eigenvalue weighted by Crippen LogP contribution is -2.41. The molecule has 0 amide bonds. The topological polar surface area (TPSA) is 93.1 Å². The van der Waals surface area contributed by atoms with E-state index in [0.717, 1.165) is 0 Å². The van der Waals surface area contributed by atoms with Crippen LogP contribution in [0.2, 0.25) is 0 Å². The Bertz CT molecular complexity index is 610. The van der Waals surface area contributed by atoms with Crippen LogP contribution in [0.4, 0.5) is 0 Å². The number of carboxylic acids is 1. The summed E-state index contributed by atoms with van der Waals surface area (Å²) in [5.74, 6) is -0.669. The Morgan fingerprint density at radius 1 is 1.27 bits per heavy atom. The fourth-order valence-corrected chi connectivity index (χ4v) is 1.90. The van der Waals surface area contributed by atoms with Gasteiger partial charge in [0.15, 0.2) is 0 Å². The van der Waals surface area contributed by atoms with Crippen LogP contribution < -0.4 is 0 Å². The first-order chi connectivity index (χ1) is 10.4. The minimum Gasteiger partial charge on any atom is -0.495 e. The van der Waals surface area contributed by atoms with Gasteiger partial charge in [-0.25, -0.2) is 4.79 Å². The Labute approximate surface area is 127 Å². The average Bonchev–Trinajstić information content (AvgIpc) is 2.43. The summed E-state index contributed by atoms with van der Waals surface area (Å²) >= 11 is 0. The van der Waals surface area contributed by atoms with Crippen LogP contribution >= 0.6 is 0 Å². The Balaban J connectivity index is 2.10. The zero-order valence-corrected chi connectivity index (χ0v) is 11.9. The van der Waals surface area contributed by atoms with Crippen molar-refractivity contribution in [3.63, 3.8) is 0 Å². The number of hydrogen-bond donors (Lipinski definition) is 1. The molecule has 0 spiro atoms. The van der Waals surface area contributed by atoms with Gasteiger partial charge in [-0.3, -0.25) is 14.5 Å². The van der Waals surface area contributed by atoms with Gasteiger partial charge in [-0.05, 0) is 30.7 Å². The number of benzene rings is 1. The van der Waals surface area contributed by atoms with Gasteiger partial charge in [-0.15, -0.1) is 0 Å². The molecule has 0 aliphatic carbocycles. The molecule has 0 unspecified atom stereocenters. The summed E-state index contributed by atoms with van der Waals surface area (Å²) in [7, 11) is 0.484. The van der Waals surface area contributed by atoms with Gasteiger partial charge in [0.1, 0.15) is 0 Å². The second-order valence-corrected chi connectivity index (χ2v) is 4.81. The van der Waals surface area contributed by atoms with Crippen molar-refractivity contribution < 1.29 is 28.8 Å². The average molecular weight is 303 g/mol. The predicted molar refractivity (Wildman–Crippen MR) is 77.9 cm³/mol. The summed E-state index contributed by atoms with van der Waals surface area (Å²) in [6.07, 6.45) is 1.53. The van der Waals surface area contributed by atoms with Crippen LogP contribution in [0, 0.1) is 0 Å². The molecule has 0 saturated carbocycles. The molecule has 1 saturated heterocycles. The van der Waals surface area contributed by atoms with Gasteiger partial charge in [0.05, 0.1) is 18.7 Å². The summed E-state index contributed by atoms with van der Waals surface area (Å²) in [5.41, 5.74) is 0.724. The molecule has 1 aliphatic heterocycles. The van der Waals surface area contributed by atoms with Gasteiger partial charge >= 0.3 is 25.0 Å². The number of carboxylic acid groups (broad SMARTS) is 1. The number of hydrogen-bond acceptors (Lipinski definition) is 6. The number of aromatic carboxylic acids is 1. The first kappa shape index (κ1) is 15.8. The van der Waals surface area contributed by atoms with Crippen molar-refractivity contribution in [3.8, 4) is 0 Å². The standard InChI is InChI=1S/C14H14BNO6/c1-16-8-12(17)21-15(22-13(18)9-16)6-5-10-3-2-4-11(7-10)14(19)20/h2-7H,8-9H2,1H3,(H,19,20). The van der Waals surface area contributed by atoms with E-state index in [2.05, 4.69) is 0 Å². The number of nitrogens with zero attached hydrogens (tertiary/aromatic N) is 1. The van der Waals surface area contributed by atoms with Gasteiger partial charge < -0.3 is 14.4 Å². The molecule has 1 aliphatic rings. The van der Waals surface area contributed by atoms with Crippen molar-refractivity contribution in [2.45, 2.75) is 0 Å². The molecule has 7 nitrogen and oxygen atoms in total. The molecule has 1 aromatic rings. The van der Waals surface area contributed by atoms with E-state index in [1.54, 1.807) is 19.2 Å². The highest BCUT2D eigenvalue weighted by molar-refractivity contribution is 6.55. The zero-order chi connectivity index (χ0) is 16.1. The van der Waals surface area contributed by atoms with Gasteiger partial charge in [0.25, 0.3) is 0 Å². The monoisotopic (exact) mass is 303 g/mol. The van der Waals surface area contributed by atoms with Crippen molar-refractivity contribution in [2.75, 3.05) is 20.1 Å². The van der Waals surface area contributed by atoms with Crippen molar-refractivity contribution in [3.05, 3.63) is 41.4 Å². The quantitative estimate of drug-likeness (QED) is 0.811. The number of carbonyl (C=O) groups is 3. The Morgan fingerprint density at radius 3 is 2.50 bits per heavy atom. The van der Waals surface area contributed by atoms with Crippen LogP contribution in [-0.4, -0.2) is 55.2 Å². The van der Waals surface area contributed by atoms with Crippen molar-refractivity contribution >= 4 is 31.1 Å². The molecule has 1 aromatic carbocycles. The van der Waals surface area contributed by atoms with E-state index in [1.807, 2.05) is 0 Å². The normalized spacial score (nSPS) is 16.9. The van der Waals surface area contributed by atoms with E-state index in [-0.39, 0.29) is 18.7 Å². The molecule has 1 fully saturated rings. The number of likely N-dealkylation sites (N-methyl/N-ethyl adjacent to an activating group) is 1. The Kier molecular flexibility index (Phi) is 4.95. The molecule has 1 heterocycles. The summed E-state index contributed by atoms with van der Waals surface area (Å²) in [4.78, 5) is 35.5. The lowest BCUT2D eigenvalue weighted by atomic mass is 9.88.